The van der Waals surface area contributed by atoms with Gasteiger partial charge in [0, 0.05) is 0 Å². The summed E-state index contributed by atoms with van der Waals surface area (Å²) in [6.45, 7) is 0. The van der Waals surface area contributed by atoms with Crippen LogP contribution in [0.3, 0.4) is 0 Å². The minimum Gasteiger partial charge on any atom is -1.00 e. The molecule has 0 saturated heterocycles. The first-order chi connectivity index (χ1) is 4.00. The summed E-state index contributed by atoms with van der Waals surface area (Å²) >= 11 is 0. The maximum Gasteiger partial charge on any atom is 2.00 e. The molecule has 72 valence electrons. The molecule has 0 rings (SSSR count). The van der Waals surface area contributed by atoms with Gasteiger partial charge in [-0.15, -0.1) is 0 Å². The molecule has 0 bridgehead atoms. The van der Waals surface area contributed by atoms with E-state index in [4.69, 9.17) is 36.7 Å². The number of hydrogen-bond acceptors (Lipinski definition) is 6. The average molecular weight is 278 g/mol. The van der Waals surface area contributed by atoms with Gasteiger partial charge in [-0.05, 0) is 0 Å². The van der Waals surface area contributed by atoms with Crippen molar-refractivity contribution in [2.24, 2.45) is 0 Å². The molecule has 0 aliphatic rings. The molecule has 0 aliphatic carbocycles. The molecule has 0 saturated carbocycles. The third-order valence-electron chi connectivity index (χ3n) is 0. The quantitative estimate of drug-likeness (QED) is 0.196. The molecular weight excluding hydrogens is 268 g/mol. The fraction of sp³-hybridized carbons (Fsp3) is 0. The molecule has 0 amide bonds. The molecule has 8 nitrogen and oxygen atoms in total. The summed E-state index contributed by atoms with van der Waals surface area (Å²) in [5.41, 5.74) is 0. The summed E-state index contributed by atoms with van der Waals surface area (Å²) in [7, 11) is -9.28. The SMILES string of the molecule is O=S(=O)(O)O.O[Si](O)(O)O.[Ca+2].[Ca+2].[H-].[H-].[H-].[H-]. The van der Waals surface area contributed by atoms with Gasteiger partial charge in [-0.3, -0.25) is 9.11 Å². The molecule has 0 radical (unpaired) electrons. The summed E-state index contributed by atoms with van der Waals surface area (Å²) in [6, 6.07) is 0. The van der Waals surface area contributed by atoms with E-state index < -0.39 is 19.4 Å². The zero-order valence-corrected chi connectivity index (χ0v) is 12.1. The van der Waals surface area contributed by atoms with Crippen LogP contribution in [0.15, 0.2) is 0 Å². The topological polar surface area (TPSA) is 156 Å². The third-order valence-corrected chi connectivity index (χ3v) is 0. The van der Waals surface area contributed by atoms with Crippen molar-refractivity contribution in [2.45, 2.75) is 0 Å². The van der Waals surface area contributed by atoms with E-state index in [1.165, 1.54) is 0 Å². The largest absolute Gasteiger partial charge is 2.00 e. The van der Waals surface area contributed by atoms with E-state index in [0.29, 0.717) is 0 Å². The molecule has 0 aromatic rings. The second-order valence-electron chi connectivity index (χ2n) is 1.05. The summed E-state index contributed by atoms with van der Waals surface area (Å²) in [5.74, 6) is 0. The summed E-state index contributed by atoms with van der Waals surface area (Å²) in [6.07, 6.45) is 0. The Morgan fingerprint density at radius 1 is 0.917 bits per heavy atom. The molecule has 0 unspecified atom stereocenters. The monoisotopic (exact) mass is 278 g/mol. The Balaban J connectivity index is -0.00000000970. The zero-order valence-electron chi connectivity index (χ0n) is 9.82. The molecule has 12 heavy (non-hydrogen) atoms. The Hall–Kier alpha value is 2.45. The molecule has 0 heterocycles. The molecule has 12 heteroatoms. The first kappa shape index (κ1) is 23.9. The van der Waals surface area contributed by atoms with E-state index in [1.807, 2.05) is 0 Å². The van der Waals surface area contributed by atoms with Gasteiger partial charge in [0.05, 0.1) is 0 Å². The van der Waals surface area contributed by atoms with Crippen LogP contribution in [0.25, 0.3) is 0 Å². The first-order valence-corrected chi connectivity index (χ1v) is 4.78. The Labute approximate surface area is 135 Å². The normalized spacial score (nSPS) is 9.83. The van der Waals surface area contributed by atoms with E-state index in [9.17, 15) is 0 Å². The zero-order chi connectivity index (χ0) is 9.00. The van der Waals surface area contributed by atoms with Gasteiger partial charge in [0.2, 0.25) is 0 Å². The van der Waals surface area contributed by atoms with Crippen LogP contribution in [0.5, 0.6) is 0 Å². The molecule has 0 spiro atoms. The molecule has 0 fully saturated rings. The first-order valence-electron chi connectivity index (χ1n) is 1.59. The van der Waals surface area contributed by atoms with Crippen LogP contribution >= 0.6 is 0 Å². The molecular formula is H10Ca2O8SSi. The van der Waals surface area contributed by atoms with Gasteiger partial charge in [-0.2, -0.15) is 8.42 Å². The van der Waals surface area contributed by atoms with Crippen LogP contribution in [-0.2, 0) is 10.4 Å². The standard InChI is InChI=1S/2Ca.H2O4S.H4O4Si.4H/c;;2*1-5(2,3)4;;;;/h;;(H2,1,2,3,4);1-4H;;;;/q2*+2;;;4*-1. The van der Waals surface area contributed by atoms with Gasteiger partial charge in [0.15, 0.2) is 0 Å². The third kappa shape index (κ3) is 272. The van der Waals surface area contributed by atoms with Crippen LogP contribution in [0.4, 0.5) is 0 Å². The van der Waals surface area contributed by atoms with Crippen molar-refractivity contribution in [3.05, 3.63) is 0 Å². The van der Waals surface area contributed by atoms with Gasteiger partial charge in [-0.25, -0.2) is 0 Å². The predicted octanol–water partition coefficient (Wildman–Crippen LogP) is -3.57. The van der Waals surface area contributed by atoms with Crippen molar-refractivity contribution in [3.63, 3.8) is 0 Å². The predicted molar refractivity (Wildman–Crippen MR) is 44.8 cm³/mol. The van der Waals surface area contributed by atoms with Crippen LogP contribution in [-0.4, -0.2) is 121 Å². The minimum atomic E-state index is -4.67. The van der Waals surface area contributed by atoms with Gasteiger partial charge < -0.3 is 24.9 Å². The van der Waals surface area contributed by atoms with E-state index in [0.717, 1.165) is 0 Å². The molecule has 0 aromatic heterocycles. The fourth-order valence-corrected chi connectivity index (χ4v) is 0. The maximum atomic E-state index is 8.74. The smallest absolute Gasteiger partial charge is 1.00 e. The van der Waals surface area contributed by atoms with Crippen molar-refractivity contribution >= 4 is 94.9 Å². The van der Waals surface area contributed by atoms with E-state index in [2.05, 4.69) is 0 Å². The maximum absolute atomic E-state index is 8.74. The van der Waals surface area contributed by atoms with Crippen molar-refractivity contribution in [2.75, 3.05) is 0 Å². The van der Waals surface area contributed by atoms with Crippen LogP contribution < -0.4 is 0 Å². The second-order valence-corrected chi connectivity index (χ2v) is 3.14. The van der Waals surface area contributed by atoms with Crippen LogP contribution in [0, 0.1) is 0 Å². The summed E-state index contributed by atoms with van der Waals surface area (Å²) in [4.78, 5) is 29.3. The van der Waals surface area contributed by atoms with E-state index in [-0.39, 0.29) is 81.2 Å². The Morgan fingerprint density at radius 3 is 0.917 bits per heavy atom. The number of hydrogen-bond donors (Lipinski definition) is 6. The molecule has 0 aromatic carbocycles. The van der Waals surface area contributed by atoms with Crippen molar-refractivity contribution < 1.29 is 42.4 Å². The Morgan fingerprint density at radius 2 is 0.917 bits per heavy atom. The van der Waals surface area contributed by atoms with Gasteiger partial charge in [0.1, 0.15) is 0 Å². The Kier molecular flexibility index (Phi) is 19.9. The summed E-state index contributed by atoms with van der Waals surface area (Å²) in [5, 5.41) is 0. The van der Waals surface area contributed by atoms with E-state index in [1.54, 1.807) is 0 Å². The van der Waals surface area contributed by atoms with Gasteiger partial charge in [-0.1, -0.05) is 0 Å². The van der Waals surface area contributed by atoms with Crippen LogP contribution in [0.2, 0.25) is 0 Å². The van der Waals surface area contributed by atoms with Crippen LogP contribution in [0.1, 0.15) is 5.71 Å². The van der Waals surface area contributed by atoms with Gasteiger partial charge in [0.25, 0.3) is 0 Å². The van der Waals surface area contributed by atoms with Crippen molar-refractivity contribution in [3.8, 4) is 0 Å². The van der Waals surface area contributed by atoms with Crippen molar-refractivity contribution in [1.29, 1.82) is 0 Å². The van der Waals surface area contributed by atoms with Crippen molar-refractivity contribution in [1.82, 2.24) is 0 Å². The average Bonchev–Trinajstić information content (AvgIpc) is 1.12. The molecule has 0 aliphatic heterocycles. The molecule has 0 atom stereocenters. The Bertz CT molecular complexity index is 165. The molecule has 6 N–H and O–H groups in total. The number of rotatable bonds is 0. The second kappa shape index (κ2) is 9.98. The minimum absolute atomic E-state index is 0. The van der Waals surface area contributed by atoms with E-state index >= 15 is 0 Å². The van der Waals surface area contributed by atoms with Gasteiger partial charge >= 0.3 is 94.9 Å². The fourth-order valence-electron chi connectivity index (χ4n) is 0. The summed E-state index contributed by atoms with van der Waals surface area (Å²) < 4.78 is 31.6.